The molecule has 0 saturated heterocycles. The zero-order chi connectivity index (χ0) is 17.9. The van der Waals surface area contributed by atoms with Crippen LogP contribution in [-0.2, 0) is 4.74 Å². The van der Waals surface area contributed by atoms with Crippen LogP contribution in [0.4, 0.5) is 0 Å². The van der Waals surface area contributed by atoms with E-state index in [-0.39, 0.29) is 5.97 Å². The van der Waals surface area contributed by atoms with Gasteiger partial charge in [0.2, 0.25) is 0 Å². The lowest BCUT2D eigenvalue weighted by molar-refractivity contribution is 0.0598. The molecule has 25 heavy (non-hydrogen) atoms. The molecule has 136 valence electrons. The minimum absolute atomic E-state index is 0.345. The summed E-state index contributed by atoms with van der Waals surface area (Å²) in [6, 6.07) is 11.7. The fourth-order valence-corrected chi connectivity index (χ4v) is 3.10. The molecular weight excluding hydrogens is 312 g/mol. The number of hydrogen-bond donors (Lipinski definition) is 0. The maximum absolute atomic E-state index is 12.2. The first-order valence-corrected chi connectivity index (χ1v) is 9.50. The molecule has 0 amide bonds. The molecule has 0 saturated carbocycles. The average molecular weight is 342 g/mol. The van der Waals surface area contributed by atoms with Gasteiger partial charge in [0.25, 0.3) is 0 Å². The first kappa shape index (κ1) is 19.3. The van der Waals surface area contributed by atoms with Crippen molar-refractivity contribution >= 4 is 16.7 Å². The van der Waals surface area contributed by atoms with Gasteiger partial charge in [-0.05, 0) is 23.3 Å². The number of methoxy groups -OCH3 is 1. The predicted octanol–water partition coefficient (Wildman–Crippen LogP) is 6.15. The summed E-state index contributed by atoms with van der Waals surface area (Å²) in [5, 5.41) is 1.89. The summed E-state index contributed by atoms with van der Waals surface area (Å²) in [4.78, 5) is 12.2. The van der Waals surface area contributed by atoms with E-state index in [1.807, 2.05) is 36.4 Å². The largest absolute Gasteiger partial charge is 0.493 e. The molecule has 0 bridgehead atoms. The Morgan fingerprint density at radius 3 is 2.28 bits per heavy atom. The van der Waals surface area contributed by atoms with Crippen molar-refractivity contribution in [1.82, 2.24) is 0 Å². The Morgan fingerprint density at radius 1 is 0.880 bits per heavy atom. The van der Waals surface area contributed by atoms with Gasteiger partial charge in [-0.2, -0.15) is 0 Å². The van der Waals surface area contributed by atoms with Gasteiger partial charge < -0.3 is 9.47 Å². The Morgan fingerprint density at radius 2 is 1.56 bits per heavy atom. The van der Waals surface area contributed by atoms with Crippen LogP contribution in [0.1, 0.15) is 68.6 Å². The van der Waals surface area contributed by atoms with E-state index in [1.165, 1.54) is 52.1 Å². The molecule has 0 aliphatic carbocycles. The van der Waals surface area contributed by atoms with Crippen molar-refractivity contribution in [3.63, 3.8) is 0 Å². The number of ether oxygens (including phenoxy) is 2. The quantitative estimate of drug-likeness (QED) is 0.363. The summed E-state index contributed by atoms with van der Waals surface area (Å²) < 4.78 is 10.9. The van der Waals surface area contributed by atoms with E-state index in [0.717, 1.165) is 17.2 Å². The second-order valence-corrected chi connectivity index (χ2v) is 6.47. The van der Waals surface area contributed by atoms with Gasteiger partial charge in [-0.15, -0.1) is 0 Å². The molecule has 0 radical (unpaired) electrons. The van der Waals surface area contributed by atoms with Crippen LogP contribution in [-0.4, -0.2) is 19.7 Å². The van der Waals surface area contributed by atoms with Crippen LogP contribution in [0, 0.1) is 0 Å². The molecule has 0 aliphatic rings. The molecule has 2 rings (SSSR count). The summed E-state index contributed by atoms with van der Waals surface area (Å²) >= 11 is 0. The van der Waals surface area contributed by atoms with E-state index in [4.69, 9.17) is 9.47 Å². The van der Waals surface area contributed by atoms with Crippen molar-refractivity contribution < 1.29 is 14.3 Å². The number of benzene rings is 2. The molecule has 2 aromatic carbocycles. The molecule has 0 aromatic heterocycles. The number of esters is 1. The summed E-state index contributed by atoms with van der Waals surface area (Å²) in [6.07, 6.45) is 10.1. The van der Waals surface area contributed by atoms with Crippen molar-refractivity contribution in [3.8, 4) is 5.75 Å². The fourth-order valence-electron chi connectivity index (χ4n) is 3.10. The van der Waals surface area contributed by atoms with E-state index in [1.54, 1.807) is 0 Å². The van der Waals surface area contributed by atoms with E-state index in [9.17, 15) is 4.79 Å². The normalized spacial score (nSPS) is 10.8. The Balaban J connectivity index is 1.87. The molecule has 0 atom stereocenters. The summed E-state index contributed by atoms with van der Waals surface area (Å²) in [7, 11) is 1.41. The average Bonchev–Trinajstić information content (AvgIpc) is 2.65. The fraction of sp³-hybridized carbons (Fsp3) is 0.500. The molecule has 0 unspecified atom stereocenters. The minimum atomic E-state index is -0.345. The molecule has 0 aliphatic heterocycles. The highest BCUT2D eigenvalue weighted by atomic mass is 16.5. The Kier molecular flexibility index (Phi) is 8.30. The van der Waals surface area contributed by atoms with Crippen molar-refractivity contribution in [1.29, 1.82) is 0 Å². The SMILES string of the molecule is CCCCCCCCCCOc1ccc2ccccc2c1C(=O)OC. The highest BCUT2D eigenvalue weighted by molar-refractivity contribution is 6.07. The topological polar surface area (TPSA) is 35.5 Å². The van der Waals surface area contributed by atoms with Gasteiger partial charge in [0.1, 0.15) is 11.3 Å². The maximum atomic E-state index is 12.2. The van der Waals surface area contributed by atoms with Crippen molar-refractivity contribution in [2.24, 2.45) is 0 Å². The van der Waals surface area contributed by atoms with Crippen molar-refractivity contribution in [2.45, 2.75) is 58.3 Å². The number of rotatable bonds is 11. The van der Waals surface area contributed by atoms with Crippen molar-refractivity contribution in [3.05, 3.63) is 42.0 Å². The van der Waals surface area contributed by atoms with Gasteiger partial charge in [0, 0.05) is 0 Å². The van der Waals surface area contributed by atoms with Gasteiger partial charge >= 0.3 is 5.97 Å². The van der Waals surface area contributed by atoms with Gasteiger partial charge in [-0.1, -0.05) is 82.2 Å². The zero-order valence-electron chi connectivity index (χ0n) is 15.6. The van der Waals surface area contributed by atoms with Gasteiger partial charge in [0.15, 0.2) is 0 Å². The first-order valence-electron chi connectivity index (χ1n) is 9.50. The number of fused-ring (bicyclic) bond motifs is 1. The second-order valence-electron chi connectivity index (χ2n) is 6.47. The lowest BCUT2D eigenvalue weighted by Crippen LogP contribution is -2.07. The van der Waals surface area contributed by atoms with Crippen LogP contribution < -0.4 is 4.74 Å². The molecule has 0 spiro atoms. The van der Waals surface area contributed by atoms with E-state index in [2.05, 4.69) is 6.92 Å². The highest BCUT2D eigenvalue weighted by Crippen LogP contribution is 2.29. The van der Waals surface area contributed by atoms with Gasteiger partial charge in [0.05, 0.1) is 13.7 Å². The molecule has 2 aromatic rings. The number of carbonyl (C=O) groups is 1. The number of hydrogen-bond acceptors (Lipinski definition) is 3. The summed E-state index contributed by atoms with van der Waals surface area (Å²) in [5.41, 5.74) is 0.528. The van der Waals surface area contributed by atoms with E-state index in [0.29, 0.717) is 17.9 Å². The molecule has 0 heterocycles. The molecule has 3 heteroatoms. The second kappa shape index (κ2) is 10.8. The zero-order valence-corrected chi connectivity index (χ0v) is 15.6. The molecular formula is C22H30O3. The van der Waals surface area contributed by atoms with Crippen LogP contribution in [0.3, 0.4) is 0 Å². The smallest absolute Gasteiger partial charge is 0.342 e. The standard InChI is InChI=1S/C22H30O3/c1-3-4-5-6-7-8-9-12-17-25-20-16-15-18-13-10-11-14-19(18)21(20)22(23)24-2/h10-11,13-16H,3-9,12,17H2,1-2H3. The Bertz CT molecular complexity index is 663. The van der Waals surface area contributed by atoms with Crippen LogP contribution in [0.15, 0.2) is 36.4 Å². The monoisotopic (exact) mass is 342 g/mol. The van der Waals surface area contributed by atoms with Gasteiger partial charge in [-0.3, -0.25) is 0 Å². The first-order chi connectivity index (χ1) is 12.3. The van der Waals surface area contributed by atoms with Crippen molar-refractivity contribution in [2.75, 3.05) is 13.7 Å². The van der Waals surface area contributed by atoms with Gasteiger partial charge in [-0.25, -0.2) is 4.79 Å². The number of unbranched alkanes of at least 4 members (excludes halogenated alkanes) is 7. The van der Waals surface area contributed by atoms with Crippen LogP contribution in [0.2, 0.25) is 0 Å². The third-order valence-corrected chi connectivity index (χ3v) is 4.54. The summed E-state index contributed by atoms with van der Waals surface area (Å²) in [6.45, 7) is 2.88. The van der Waals surface area contributed by atoms with E-state index < -0.39 is 0 Å². The Labute approximate surface area is 151 Å². The molecule has 3 nitrogen and oxygen atoms in total. The minimum Gasteiger partial charge on any atom is -0.493 e. The highest BCUT2D eigenvalue weighted by Gasteiger charge is 2.17. The Hall–Kier alpha value is -2.03. The van der Waals surface area contributed by atoms with Crippen LogP contribution >= 0.6 is 0 Å². The third-order valence-electron chi connectivity index (χ3n) is 4.54. The maximum Gasteiger partial charge on any atom is 0.342 e. The summed E-state index contributed by atoms with van der Waals surface area (Å²) in [5.74, 6) is 0.274. The molecule has 0 N–H and O–H groups in total. The van der Waals surface area contributed by atoms with E-state index >= 15 is 0 Å². The van der Waals surface area contributed by atoms with Crippen LogP contribution in [0.5, 0.6) is 5.75 Å². The lowest BCUT2D eigenvalue weighted by Gasteiger charge is -2.13. The lowest BCUT2D eigenvalue weighted by atomic mass is 10.0. The molecule has 0 fully saturated rings. The number of carbonyl (C=O) groups excluding carboxylic acids is 1. The van der Waals surface area contributed by atoms with Crippen LogP contribution in [0.25, 0.3) is 10.8 Å². The third kappa shape index (κ3) is 5.77. The predicted molar refractivity (Wildman–Crippen MR) is 103 cm³/mol.